The van der Waals surface area contributed by atoms with Gasteiger partial charge in [-0.15, -0.1) is 0 Å². The SMILES string of the molecule is CC(C)C(C)(C)N(C(=O)[O-])c1ccc([N+](=O)[O-])cc1. The molecule has 0 N–H and O–H groups in total. The van der Waals surface area contributed by atoms with Crippen molar-refractivity contribution in [3.8, 4) is 0 Å². The molecule has 0 radical (unpaired) electrons. The third kappa shape index (κ3) is 3.01. The average molecular weight is 265 g/mol. The topological polar surface area (TPSA) is 86.5 Å². The van der Waals surface area contributed by atoms with E-state index in [9.17, 15) is 20.0 Å². The summed E-state index contributed by atoms with van der Waals surface area (Å²) in [6, 6.07) is 5.39. The van der Waals surface area contributed by atoms with Crippen LogP contribution in [0.3, 0.4) is 0 Å². The van der Waals surface area contributed by atoms with Crippen molar-refractivity contribution in [3.63, 3.8) is 0 Å². The van der Waals surface area contributed by atoms with Crippen LogP contribution in [0.25, 0.3) is 0 Å². The highest BCUT2D eigenvalue weighted by Gasteiger charge is 2.31. The van der Waals surface area contributed by atoms with Gasteiger partial charge in [0.05, 0.1) is 4.92 Å². The summed E-state index contributed by atoms with van der Waals surface area (Å²) >= 11 is 0. The predicted octanol–water partition coefficient (Wildman–Crippen LogP) is 2.18. The first-order valence-electron chi connectivity index (χ1n) is 5.93. The molecule has 1 rings (SSSR count). The molecule has 1 aromatic rings. The second-order valence-electron chi connectivity index (χ2n) is 5.18. The fraction of sp³-hybridized carbons (Fsp3) is 0.462. The number of nitro benzene ring substituents is 1. The van der Waals surface area contributed by atoms with E-state index >= 15 is 0 Å². The average Bonchev–Trinajstić information content (AvgIpc) is 2.28. The maximum Gasteiger partial charge on any atom is 0.269 e. The van der Waals surface area contributed by atoms with E-state index in [4.69, 9.17) is 0 Å². The lowest BCUT2D eigenvalue weighted by Gasteiger charge is -2.43. The molecular formula is C13H17N2O4-. The molecule has 0 aromatic heterocycles. The standard InChI is InChI=1S/C13H18N2O4/c1-9(2)13(3,4)14(12(16)17)10-5-7-11(8-6-10)15(18)19/h5-9H,1-4H3,(H,16,17)/p-1. The van der Waals surface area contributed by atoms with Crippen LogP contribution in [0.5, 0.6) is 0 Å². The number of anilines is 1. The zero-order valence-electron chi connectivity index (χ0n) is 11.4. The minimum Gasteiger partial charge on any atom is -0.530 e. The Bertz CT molecular complexity index is 480. The van der Waals surface area contributed by atoms with E-state index < -0.39 is 16.6 Å². The molecule has 0 aliphatic carbocycles. The fourth-order valence-corrected chi connectivity index (χ4v) is 1.66. The smallest absolute Gasteiger partial charge is 0.269 e. The van der Waals surface area contributed by atoms with E-state index in [-0.39, 0.29) is 11.6 Å². The van der Waals surface area contributed by atoms with Crippen molar-refractivity contribution in [1.29, 1.82) is 0 Å². The Kier molecular flexibility index (Phi) is 4.14. The van der Waals surface area contributed by atoms with Crippen LogP contribution in [0, 0.1) is 16.0 Å². The summed E-state index contributed by atoms with van der Waals surface area (Å²) in [6.45, 7) is 7.38. The van der Waals surface area contributed by atoms with Gasteiger partial charge in [0.1, 0.15) is 6.09 Å². The van der Waals surface area contributed by atoms with Crippen LogP contribution in [0.2, 0.25) is 0 Å². The molecule has 0 saturated heterocycles. The van der Waals surface area contributed by atoms with Gasteiger partial charge in [-0.05, 0) is 31.9 Å². The van der Waals surface area contributed by atoms with Gasteiger partial charge in [-0.2, -0.15) is 0 Å². The molecule has 0 aliphatic heterocycles. The summed E-state index contributed by atoms with van der Waals surface area (Å²) in [4.78, 5) is 22.5. The van der Waals surface area contributed by atoms with Crippen molar-refractivity contribution in [2.75, 3.05) is 4.90 Å². The highest BCUT2D eigenvalue weighted by molar-refractivity contribution is 5.86. The van der Waals surface area contributed by atoms with E-state index in [2.05, 4.69) is 0 Å². The predicted molar refractivity (Wildman–Crippen MR) is 69.9 cm³/mol. The molecular weight excluding hydrogens is 248 g/mol. The summed E-state index contributed by atoms with van der Waals surface area (Å²) in [7, 11) is 0. The third-order valence-corrected chi connectivity index (χ3v) is 3.49. The van der Waals surface area contributed by atoms with Gasteiger partial charge < -0.3 is 14.8 Å². The zero-order valence-corrected chi connectivity index (χ0v) is 11.4. The number of carboxylic acid groups (broad SMARTS) is 1. The quantitative estimate of drug-likeness (QED) is 0.616. The lowest BCUT2D eigenvalue weighted by atomic mass is 9.88. The first-order chi connectivity index (χ1) is 8.67. The number of nitrogens with zero attached hydrogens (tertiary/aromatic N) is 2. The van der Waals surface area contributed by atoms with Crippen LogP contribution in [0.4, 0.5) is 16.2 Å². The van der Waals surface area contributed by atoms with Crippen LogP contribution in [-0.2, 0) is 0 Å². The molecule has 104 valence electrons. The lowest BCUT2D eigenvalue weighted by Crippen LogP contribution is -2.56. The second kappa shape index (κ2) is 5.26. The number of non-ortho nitro benzene ring substituents is 1. The Morgan fingerprint density at radius 3 is 2.05 bits per heavy atom. The first-order valence-corrected chi connectivity index (χ1v) is 5.93. The number of carbonyl (C=O) groups is 1. The van der Waals surface area contributed by atoms with Crippen molar-refractivity contribution < 1.29 is 14.8 Å². The third-order valence-electron chi connectivity index (χ3n) is 3.49. The van der Waals surface area contributed by atoms with Gasteiger partial charge >= 0.3 is 0 Å². The van der Waals surface area contributed by atoms with Crippen molar-refractivity contribution in [1.82, 2.24) is 0 Å². The maximum atomic E-state index is 11.4. The Morgan fingerprint density at radius 2 is 1.74 bits per heavy atom. The molecule has 6 nitrogen and oxygen atoms in total. The molecule has 0 atom stereocenters. The van der Waals surface area contributed by atoms with Gasteiger partial charge in [0, 0.05) is 23.4 Å². The number of hydrogen-bond acceptors (Lipinski definition) is 4. The molecule has 0 fully saturated rings. The van der Waals surface area contributed by atoms with Gasteiger partial charge in [0.15, 0.2) is 0 Å². The molecule has 0 aliphatic rings. The van der Waals surface area contributed by atoms with Gasteiger partial charge in [-0.3, -0.25) is 10.1 Å². The Balaban J connectivity index is 3.21. The first kappa shape index (κ1) is 14.9. The molecule has 0 bridgehead atoms. The van der Waals surface area contributed by atoms with E-state index in [1.165, 1.54) is 24.3 Å². The molecule has 1 aromatic carbocycles. The summed E-state index contributed by atoms with van der Waals surface area (Å²) in [6.07, 6.45) is -1.33. The van der Waals surface area contributed by atoms with E-state index in [1.807, 2.05) is 13.8 Å². The fourth-order valence-electron chi connectivity index (χ4n) is 1.66. The Labute approximate surface area is 111 Å². The van der Waals surface area contributed by atoms with Crippen LogP contribution in [0.15, 0.2) is 24.3 Å². The van der Waals surface area contributed by atoms with Crippen molar-refractivity contribution >= 4 is 17.5 Å². The minimum atomic E-state index is -1.33. The summed E-state index contributed by atoms with van der Waals surface area (Å²) in [5.74, 6) is 0.0561. The number of carbonyl (C=O) groups excluding carboxylic acids is 1. The number of hydrogen-bond donors (Lipinski definition) is 0. The molecule has 0 heterocycles. The van der Waals surface area contributed by atoms with Gasteiger partial charge in [0.2, 0.25) is 0 Å². The van der Waals surface area contributed by atoms with Gasteiger partial charge in [-0.25, -0.2) is 0 Å². The largest absolute Gasteiger partial charge is 0.530 e. The number of benzene rings is 1. The molecule has 19 heavy (non-hydrogen) atoms. The summed E-state index contributed by atoms with van der Waals surface area (Å²) in [5, 5.41) is 21.9. The Hall–Kier alpha value is -2.11. The van der Waals surface area contributed by atoms with Gasteiger partial charge in [0.25, 0.3) is 5.69 Å². The highest BCUT2D eigenvalue weighted by Crippen LogP contribution is 2.30. The van der Waals surface area contributed by atoms with Gasteiger partial charge in [-0.1, -0.05) is 13.8 Å². The molecule has 0 unspecified atom stereocenters. The summed E-state index contributed by atoms with van der Waals surface area (Å²) < 4.78 is 0. The van der Waals surface area contributed by atoms with E-state index in [0.717, 1.165) is 4.90 Å². The number of rotatable bonds is 4. The second-order valence-corrected chi connectivity index (χ2v) is 5.18. The normalized spacial score (nSPS) is 11.4. The molecule has 6 heteroatoms. The van der Waals surface area contributed by atoms with Crippen molar-refractivity contribution in [2.24, 2.45) is 5.92 Å². The Morgan fingerprint density at radius 1 is 1.26 bits per heavy atom. The maximum absolute atomic E-state index is 11.4. The van der Waals surface area contributed by atoms with Crippen molar-refractivity contribution in [2.45, 2.75) is 33.2 Å². The van der Waals surface area contributed by atoms with Crippen LogP contribution >= 0.6 is 0 Å². The minimum absolute atomic E-state index is 0.0561. The monoisotopic (exact) mass is 265 g/mol. The highest BCUT2D eigenvalue weighted by atomic mass is 16.6. The van der Waals surface area contributed by atoms with Crippen LogP contribution < -0.4 is 10.0 Å². The lowest BCUT2D eigenvalue weighted by molar-refractivity contribution is -0.384. The molecule has 0 spiro atoms. The molecule has 1 amide bonds. The van der Waals surface area contributed by atoms with Crippen molar-refractivity contribution in [3.05, 3.63) is 34.4 Å². The van der Waals surface area contributed by atoms with Crippen LogP contribution in [-0.4, -0.2) is 16.6 Å². The zero-order chi connectivity index (χ0) is 14.8. The van der Waals surface area contributed by atoms with Crippen LogP contribution in [0.1, 0.15) is 27.7 Å². The molecule has 0 saturated carbocycles. The van der Waals surface area contributed by atoms with E-state index in [0.29, 0.717) is 5.69 Å². The number of amides is 1. The van der Waals surface area contributed by atoms with E-state index in [1.54, 1.807) is 13.8 Å². The summed E-state index contributed by atoms with van der Waals surface area (Å²) in [5.41, 5.74) is -0.386. The number of nitro groups is 1.